The number of aromatic amines is 3. The zero-order chi connectivity index (χ0) is 18.1. The van der Waals surface area contributed by atoms with E-state index in [0.29, 0.717) is 40.1 Å². The van der Waals surface area contributed by atoms with Gasteiger partial charge in [0.2, 0.25) is 0 Å². The topological polar surface area (TPSA) is 111 Å². The Kier molecular flexibility index (Phi) is 4.31. The third kappa shape index (κ3) is 3.13. The molecule has 0 spiro atoms. The summed E-state index contributed by atoms with van der Waals surface area (Å²) >= 11 is 0. The van der Waals surface area contributed by atoms with E-state index in [9.17, 15) is 14.4 Å². The fourth-order valence-corrected chi connectivity index (χ4v) is 3.15. The first kappa shape index (κ1) is 16.8. The van der Waals surface area contributed by atoms with Crippen LogP contribution in [0.25, 0.3) is 11.0 Å². The summed E-state index contributed by atoms with van der Waals surface area (Å²) in [5.74, 6) is -0.362. The van der Waals surface area contributed by atoms with Gasteiger partial charge < -0.3 is 20.3 Å². The van der Waals surface area contributed by atoms with E-state index in [0.717, 1.165) is 12.0 Å². The minimum absolute atomic E-state index is 0.0532. The minimum Gasteiger partial charge on any atom is -0.354 e. The van der Waals surface area contributed by atoms with Crippen LogP contribution in [-0.2, 0) is 6.42 Å². The monoisotopic (exact) mass is 340 g/mol. The molecule has 2 heterocycles. The molecule has 0 saturated carbocycles. The summed E-state index contributed by atoms with van der Waals surface area (Å²) in [6, 6.07) is 5.12. The average molecular weight is 340 g/mol. The van der Waals surface area contributed by atoms with Crippen LogP contribution in [0.5, 0.6) is 0 Å². The van der Waals surface area contributed by atoms with E-state index in [2.05, 4.69) is 20.3 Å². The molecule has 4 N–H and O–H groups in total. The summed E-state index contributed by atoms with van der Waals surface area (Å²) in [4.78, 5) is 44.3. The SMILES string of the molecule is CCCc1c(C(=O)Nc2ccc3[nH]c(=O)[nH]c3c2)[nH]c(C)c1C(C)=O. The molecular formula is C18H20N4O3. The Balaban J connectivity index is 1.95. The molecule has 1 aromatic carbocycles. The third-order valence-corrected chi connectivity index (χ3v) is 4.14. The Hall–Kier alpha value is -3.09. The van der Waals surface area contributed by atoms with Crippen LogP contribution in [0.15, 0.2) is 23.0 Å². The van der Waals surface area contributed by atoms with Crippen LogP contribution < -0.4 is 11.0 Å². The number of carbonyl (C=O) groups excluding carboxylic acids is 2. The van der Waals surface area contributed by atoms with Gasteiger partial charge in [0.1, 0.15) is 5.69 Å². The Morgan fingerprint density at radius 2 is 1.84 bits per heavy atom. The molecule has 3 aromatic rings. The summed E-state index contributed by atoms with van der Waals surface area (Å²) in [6.45, 7) is 5.31. The number of fused-ring (bicyclic) bond motifs is 1. The van der Waals surface area contributed by atoms with Gasteiger partial charge in [-0.3, -0.25) is 9.59 Å². The molecule has 0 atom stereocenters. The molecule has 1 amide bonds. The maximum Gasteiger partial charge on any atom is 0.323 e. The van der Waals surface area contributed by atoms with E-state index in [1.165, 1.54) is 6.92 Å². The lowest BCUT2D eigenvalue weighted by atomic mass is 10.0. The molecule has 2 aromatic heterocycles. The number of carbonyl (C=O) groups is 2. The smallest absolute Gasteiger partial charge is 0.323 e. The number of imidazole rings is 1. The van der Waals surface area contributed by atoms with Crippen molar-refractivity contribution in [2.45, 2.75) is 33.6 Å². The molecule has 0 saturated heterocycles. The molecule has 130 valence electrons. The number of amides is 1. The number of nitrogens with one attached hydrogen (secondary N) is 4. The lowest BCUT2D eigenvalue weighted by molar-refractivity contribution is 0.101. The molecule has 0 fully saturated rings. The fraction of sp³-hybridized carbons (Fsp3) is 0.278. The van der Waals surface area contributed by atoms with E-state index in [1.54, 1.807) is 25.1 Å². The van der Waals surface area contributed by atoms with Crippen molar-refractivity contribution in [1.29, 1.82) is 0 Å². The van der Waals surface area contributed by atoms with Gasteiger partial charge >= 0.3 is 5.69 Å². The van der Waals surface area contributed by atoms with Gasteiger partial charge in [-0.05, 0) is 44.0 Å². The fourth-order valence-electron chi connectivity index (χ4n) is 3.15. The van der Waals surface area contributed by atoms with Crippen LogP contribution in [0.1, 0.15) is 52.4 Å². The molecule has 0 aliphatic carbocycles. The molecule has 3 rings (SSSR count). The number of hydrogen-bond acceptors (Lipinski definition) is 3. The predicted octanol–water partition coefficient (Wildman–Crippen LogP) is 2.90. The molecule has 0 radical (unpaired) electrons. The average Bonchev–Trinajstić information content (AvgIpc) is 3.06. The second-order valence-electron chi connectivity index (χ2n) is 6.08. The first-order valence-electron chi connectivity index (χ1n) is 8.16. The Labute approximate surface area is 143 Å². The molecular weight excluding hydrogens is 320 g/mol. The van der Waals surface area contributed by atoms with Crippen LogP contribution >= 0.6 is 0 Å². The zero-order valence-electron chi connectivity index (χ0n) is 14.4. The molecule has 0 unspecified atom stereocenters. The van der Waals surface area contributed by atoms with Crippen LogP contribution in [-0.4, -0.2) is 26.6 Å². The molecule has 7 nitrogen and oxygen atoms in total. The van der Waals surface area contributed by atoms with Crippen molar-refractivity contribution in [3.05, 3.63) is 51.2 Å². The van der Waals surface area contributed by atoms with Gasteiger partial charge in [0.25, 0.3) is 5.91 Å². The van der Waals surface area contributed by atoms with Gasteiger partial charge in [-0.1, -0.05) is 13.3 Å². The highest BCUT2D eigenvalue weighted by Gasteiger charge is 2.22. The number of ketones is 1. The lowest BCUT2D eigenvalue weighted by Gasteiger charge is -2.07. The van der Waals surface area contributed by atoms with Gasteiger partial charge in [-0.25, -0.2) is 4.79 Å². The van der Waals surface area contributed by atoms with Crippen molar-refractivity contribution in [3.8, 4) is 0 Å². The van der Waals surface area contributed by atoms with E-state index in [1.807, 2.05) is 6.92 Å². The van der Waals surface area contributed by atoms with Gasteiger partial charge in [0.05, 0.1) is 11.0 Å². The number of H-pyrrole nitrogens is 3. The van der Waals surface area contributed by atoms with E-state index >= 15 is 0 Å². The zero-order valence-corrected chi connectivity index (χ0v) is 14.4. The number of aromatic nitrogens is 3. The first-order valence-corrected chi connectivity index (χ1v) is 8.16. The number of Topliss-reactive ketones (excluding diaryl/α,β-unsaturated/α-hetero) is 1. The molecule has 25 heavy (non-hydrogen) atoms. The highest BCUT2D eigenvalue weighted by Crippen LogP contribution is 2.23. The highest BCUT2D eigenvalue weighted by atomic mass is 16.2. The van der Waals surface area contributed by atoms with E-state index in [4.69, 9.17) is 0 Å². The van der Waals surface area contributed by atoms with Crippen LogP contribution in [0.2, 0.25) is 0 Å². The summed E-state index contributed by atoms with van der Waals surface area (Å²) in [5.41, 5.74) is 4.01. The maximum absolute atomic E-state index is 12.7. The van der Waals surface area contributed by atoms with Gasteiger partial charge in [0.15, 0.2) is 5.78 Å². The van der Waals surface area contributed by atoms with Crippen molar-refractivity contribution in [1.82, 2.24) is 15.0 Å². The second-order valence-corrected chi connectivity index (χ2v) is 6.08. The molecule has 0 bridgehead atoms. The highest BCUT2D eigenvalue weighted by molar-refractivity contribution is 6.08. The normalized spacial score (nSPS) is 11.0. The minimum atomic E-state index is -0.309. The van der Waals surface area contributed by atoms with Gasteiger partial charge in [-0.2, -0.15) is 0 Å². The Bertz CT molecular complexity index is 1020. The molecule has 0 aliphatic heterocycles. The van der Waals surface area contributed by atoms with Crippen molar-refractivity contribution in [3.63, 3.8) is 0 Å². The van der Waals surface area contributed by atoms with Crippen molar-refractivity contribution >= 4 is 28.4 Å². The van der Waals surface area contributed by atoms with Crippen LogP contribution in [0.4, 0.5) is 5.69 Å². The van der Waals surface area contributed by atoms with Gasteiger partial charge in [-0.15, -0.1) is 0 Å². The van der Waals surface area contributed by atoms with Crippen molar-refractivity contribution < 1.29 is 9.59 Å². The Morgan fingerprint density at radius 1 is 1.12 bits per heavy atom. The molecule has 0 aliphatic rings. The Morgan fingerprint density at radius 3 is 2.52 bits per heavy atom. The number of rotatable bonds is 5. The van der Waals surface area contributed by atoms with Crippen molar-refractivity contribution in [2.24, 2.45) is 0 Å². The summed E-state index contributed by atoms with van der Waals surface area (Å²) < 4.78 is 0. The maximum atomic E-state index is 12.7. The third-order valence-electron chi connectivity index (χ3n) is 4.14. The quantitative estimate of drug-likeness (QED) is 0.536. The summed E-state index contributed by atoms with van der Waals surface area (Å²) in [6.07, 6.45) is 1.47. The first-order chi connectivity index (χ1) is 11.9. The number of hydrogen-bond donors (Lipinski definition) is 4. The van der Waals surface area contributed by atoms with Gasteiger partial charge in [0, 0.05) is 16.9 Å². The summed E-state index contributed by atoms with van der Waals surface area (Å²) in [7, 11) is 0. The number of aryl methyl sites for hydroxylation is 1. The molecule has 7 heteroatoms. The lowest BCUT2D eigenvalue weighted by Crippen LogP contribution is -2.15. The number of anilines is 1. The second kappa shape index (κ2) is 6.43. The van der Waals surface area contributed by atoms with Crippen molar-refractivity contribution in [2.75, 3.05) is 5.32 Å². The van der Waals surface area contributed by atoms with E-state index < -0.39 is 0 Å². The van der Waals surface area contributed by atoms with Crippen LogP contribution in [0, 0.1) is 6.92 Å². The number of benzene rings is 1. The predicted molar refractivity (Wildman–Crippen MR) is 96.4 cm³/mol. The van der Waals surface area contributed by atoms with E-state index in [-0.39, 0.29) is 17.4 Å². The largest absolute Gasteiger partial charge is 0.354 e. The van der Waals surface area contributed by atoms with Crippen LogP contribution in [0.3, 0.4) is 0 Å². The standard InChI is InChI=1S/C18H20N4O3/c1-4-5-12-15(10(3)23)9(2)19-16(12)17(24)20-11-6-7-13-14(8-11)22-18(25)21-13/h6-8,19H,4-5H2,1-3H3,(H,20,24)(H2,21,22,25). The summed E-state index contributed by atoms with van der Waals surface area (Å²) in [5, 5.41) is 2.82.